The SMILES string of the molecule is C=CCCC(CC)(c1ccccc1)C(C)CC. The summed E-state index contributed by atoms with van der Waals surface area (Å²) >= 11 is 0. The molecular formula is C17H26. The van der Waals surface area contributed by atoms with E-state index in [-0.39, 0.29) is 0 Å². The molecule has 0 aliphatic carbocycles. The third-order valence-electron chi connectivity index (χ3n) is 4.33. The zero-order valence-electron chi connectivity index (χ0n) is 11.6. The van der Waals surface area contributed by atoms with E-state index in [9.17, 15) is 0 Å². The van der Waals surface area contributed by atoms with E-state index < -0.39 is 0 Å². The molecule has 1 aromatic rings. The Kier molecular flexibility index (Phi) is 5.47. The van der Waals surface area contributed by atoms with Crippen molar-refractivity contribution in [2.45, 2.75) is 51.9 Å². The minimum absolute atomic E-state index is 0.324. The van der Waals surface area contributed by atoms with E-state index in [0.717, 1.165) is 12.3 Å². The minimum Gasteiger partial charge on any atom is -0.103 e. The van der Waals surface area contributed by atoms with Gasteiger partial charge < -0.3 is 0 Å². The third-order valence-corrected chi connectivity index (χ3v) is 4.33. The quantitative estimate of drug-likeness (QED) is 0.554. The van der Waals surface area contributed by atoms with Crippen molar-refractivity contribution in [3.8, 4) is 0 Å². The first-order chi connectivity index (χ1) is 8.21. The van der Waals surface area contributed by atoms with Crippen molar-refractivity contribution in [1.82, 2.24) is 0 Å². The fourth-order valence-corrected chi connectivity index (χ4v) is 2.93. The van der Waals surface area contributed by atoms with E-state index in [4.69, 9.17) is 0 Å². The second-order valence-corrected chi connectivity index (χ2v) is 5.01. The normalized spacial score (nSPS) is 16.2. The maximum absolute atomic E-state index is 3.88. The Balaban J connectivity index is 3.10. The molecule has 0 heterocycles. The molecule has 0 amide bonds. The standard InChI is InChI=1S/C17H26/c1-5-8-14-17(7-3,15(4)6-2)16-12-10-9-11-13-16/h5,9-13,15H,1,6-8,14H2,2-4H3. The molecule has 0 spiro atoms. The molecule has 0 aromatic heterocycles. The highest BCUT2D eigenvalue weighted by atomic mass is 14.4. The molecule has 0 aliphatic rings. The molecule has 0 aliphatic heterocycles. The molecule has 0 saturated carbocycles. The van der Waals surface area contributed by atoms with Crippen LogP contribution in [0.1, 0.15) is 52.0 Å². The highest BCUT2D eigenvalue weighted by molar-refractivity contribution is 5.26. The number of hydrogen-bond donors (Lipinski definition) is 0. The first kappa shape index (κ1) is 14.0. The monoisotopic (exact) mass is 230 g/mol. The van der Waals surface area contributed by atoms with Gasteiger partial charge in [-0.2, -0.15) is 0 Å². The Morgan fingerprint density at radius 3 is 2.35 bits per heavy atom. The van der Waals surface area contributed by atoms with E-state index in [1.54, 1.807) is 0 Å². The van der Waals surface area contributed by atoms with Gasteiger partial charge in [0.15, 0.2) is 0 Å². The van der Waals surface area contributed by atoms with Crippen LogP contribution in [0.2, 0.25) is 0 Å². The molecule has 2 atom stereocenters. The lowest BCUT2D eigenvalue weighted by atomic mass is 9.65. The molecular weight excluding hydrogens is 204 g/mol. The predicted octanol–water partition coefficient (Wildman–Crippen LogP) is 5.35. The fraction of sp³-hybridized carbons (Fsp3) is 0.529. The maximum Gasteiger partial charge on any atom is -0.00212 e. The van der Waals surface area contributed by atoms with Gasteiger partial charge in [0.05, 0.1) is 0 Å². The van der Waals surface area contributed by atoms with Crippen LogP contribution in [-0.2, 0) is 5.41 Å². The summed E-state index contributed by atoms with van der Waals surface area (Å²) in [6.45, 7) is 10.9. The molecule has 1 rings (SSSR count). The lowest BCUT2D eigenvalue weighted by Gasteiger charge is -2.39. The van der Waals surface area contributed by atoms with Gasteiger partial charge in [0.25, 0.3) is 0 Å². The summed E-state index contributed by atoms with van der Waals surface area (Å²) in [6.07, 6.45) is 6.81. The van der Waals surface area contributed by atoms with Crippen molar-refractivity contribution in [3.05, 3.63) is 48.6 Å². The van der Waals surface area contributed by atoms with Crippen LogP contribution in [0.4, 0.5) is 0 Å². The lowest BCUT2D eigenvalue weighted by Crippen LogP contribution is -2.32. The van der Waals surface area contributed by atoms with Gasteiger partial charge >= 0.3 is 0 Å². The Hall–Kier alpha value is -1.04. The second-order valence-electron chi connectivity index (χ2n) is 5.01. The third kappa shape index (κ3) is 3.00. The number of benzene rings is 1. The van der Waals surface area contributed by atoms with Crippen molar-refractivity contribution >= 4 is 0 Å². The van der Waals surface area contributed by atoms with Crippen molar-refractivity contribution in [2.24, 2.45) is 5.92 Å². The topological polar surface area (TPSA) is 0 Å². The smallest absolute Gasteiger partial charge is 0.00212 e. The van der Waals surface area contributed by atoms with Gasteiger partial charge in [0, 0.05) is 0 Å². The number of hydrogen-bond acceptors (Lipinski definition) is 0. The Morgan fingerprint density at radius 1 is 1.24 bits per heavy atom. The molecule has 0 bridgehead atoms. The minimum atomic E-state index is 0.324. The molecule has 94 valence electrons. The summed E-state index contributed by atoms with van der Waals surface area (Å²) in [5.74, 6) is 0.717. The van der Waals surface area contributed by atoms with Crippen molar-refractivity contribution < 1.29 is 0 Å². The van der Waals surface area contributed by atoms with Gasteiger partial charge in [-0.3, -0.25) is 0 Å². The molecule has 0 fully saturated rings. The zero-order valence-corrected chi connectivity index (χ0v) is 11.6. The summed E-state index contributed by atoms with van der Waals surface area (Å²) in [7, 11) is 0. The molecule has 0 radical (unpaired) electrons. The number of rotatable bonds is 7. The van der Waals surface area contributed by atoms with Crippen LogP contribution in [-0.4, -0.2) is 0 Å². The average Bonchev–Trinajstić information content (AvgIpc) is 2.41. The summed E-state index contributed by atoms with van der Waals surface area (Å²) in [6, 6.07) is 11.0. The van der Waals surface area contributed by atoms with E-state index in [1.165, 1.54) is 24.8 Å². The predicted molar refractivity (Wildman–Crippen MR) is 77.3 cm³/mol. The molecule has 17 heavy (non-hydrogen) atoms. The van der Waals surface area contributed by atoms with Gasteiger partial charge in [0.2, 0.25) is 0 Å². The Labute approximate surface area is 107 Å². The van der Waals surface area contributed by atoms with Crippen molar-refractivity contribution in [2.75, 3.05) is 0 Å². The van der Waals surface area contributed by atoms with Crippen molar-refractivity contribution in [3.63, 3.8) is 0 Å². The molecule has 0 heteroatoms. The molecule has 0 nitrogen and oxygen atoms in total. The largest absolute Gasteiger partial charge is 0.103 e. The molecule has 0 saturated heterocycles. The van der Waals surface area contributed by atoms with Gasteiger partial charge in [0.1, 0.15) is 0 Å². The van der Waals surface area contributed by atoms with Crippen LogP contribution in [0, 0.1) is 5.92 Å². The number of allylic oxidation sites excluding steroid dienone is 1. The maximum atomic E-state index is 3.88. The van der Waals surface area contributed by atoms with E-state index >= 15 is 0 Å². The second kappa shape index (κ2) is 6.64. The lowest BCUT2D eigenvalue weighted by molar-refractivity contribution is 0.250. The summed E-state index contributed by atoms with van der Waals surface area (Å²) in [5.41, 5.74) is 1.82. The summed E-state index contributed by atoms with van der Waals surface area (Å²) < 4.78 is 0. The molecule has 2 unspecified atom stereocenters. The zero-order chi connectivity index (χ0) is 12.7. The van der Waals surface area contributed by atoms with Crippen molar-refractivity contribution in [1.29, 1.82) is 0 Å². The van der Waals surface area contributed by atoms with Crippen LogP contribution >= 0.6 is 0 Å². The average molecular weight is 230 g/mol. The van der Waals surface area contributed by atoms with Gasteiger partial charge in [-0.15, -0.1) is 6.58 Å². The van der Waals surface area contributed by atoms with E-state index in [0.29, 0.717) is 5.41 Å². The summed E-state index contributed by atoms with van der Waals surface area (Å²) in [4.78, 5) is 0. The summed E-state index contributed by atoms with van der Waals surface area (Å²) in [5, 5.41) is 0. The Morgan fingerprint density at radius 2 is 1.88 bits per heavy atom. The first-order valence-electron chi connectivity index (χ1n) is 6.87. The van der Waals surface area contributed by atoms with Gasteiger partial charge in [-0.05, 0) is 36.2 Å². The highest BCUT2D eigenvalue weighted by Crippen LogP contribution is 2.41. The van der Waals surface area contributed by atoms with Crippen LogP contribution < -0.4 is 0 Å². The van der Waals surface area contributed by atoms with Crippen LogP contribution in [0.25, 0.3) is 0 Å². The van der Waals surface area contributed by atoms with E-state index in [2.05, 4.69) is 63.8 Å². The van der Waals surface area contributed by atoms with Crippen LogP contribution in [0.15, 0.2) is 43.0 Å². The molecule has 0 N–H and O–H groups in total. The highest BCUT2D eigenvalue weighted by Gasteiger charge is 2.34. The Bertz CT molecular complexity index is 325. The molecule has 1 aromatic carbocycles. The fourth-order valence-electron chi connectivity index (χ4n) is 2.93. The van der Waals surface area contributed by atoms with Crippen LogP contribution in [0.3, 0.4) is 0 Å². The first-order valence-corrected chi connectivity index (χ1v) is 6.87. The van der Waals surface area contributed by atoms with Crippen LogP contribution in [0.5, 0.6) is 0 Å². The van der Waals surface area contributed by atoms with E-state index in [1.807, 2.05) is 0 Å². The van der Waals surface area contributed by atoms with Gasteiger partial charge in [-0.1, -0.05) is 63.6 Å². The van der Waals surface area contributed by atoms with Gasteiger partial charge in [-0.25, -0.2) is 0 Å².